The predicted molar refractivity (Wildman–Crippen MR) is 111 cm³/mol. The van der Waals surface area contributed by atoms with Crippen molar-refractivity contribution in [1.29, 1.82) is 0 Å². The standard InChI is InChI=1S/C20H20N4O2S2/c25-18(11-16-13-28-20(22-16)15-6-10-27-12-15)24-8-4-14(5-9-24)19(26)23-17-3-1-2-7-21-17/h1-3,6-7,10,12-14H,4-5,8-9,11H2,(H,21,23,26). The van der Waals surface area contributed by atoms with E-state index in [0.29, 0.717) is 38.2 Å². The molecule has 0 saturated carbocycles. The van der Waals surface area contributed by atoms with Gasteiger partial charge >= 0.3 is 0 Å². The zero-order valence-electron chi connectivity index (χ0n) is 15.2. The molecule has 144 valence electrons. The van der Waals surface area contributed by atoms with Gasteiger partial charge in [-0.05, 0) is 36.4 Å². The van der Waals surface area contributed by atoms with Crippen molar-refractivity contribution in [3.8, 4) is 10.6 Å². The molecule has 0 atom stereocenters. The number of likely N-dealkylation sites (tertiary alicyclic amines) is 1. The van der Waals surface area contributed by atoms with E-state index in [2.05, 4.69) is 20.7 Å². The van der Waals surface area contributed by atoms with Gasteiger partial charge < -0.3 is 10.2 Å². The first kappa shape index (κ1) is 18.8. The number of aromatic nitrogens is 2. The highest BCUT2D eigenvalue weighted by Crippen LogP contribution is 2.26. The van der Waals surface area contributed by atoms with Crippen molar-refractivity contribution in [3.05, 3.63) is 52.3 Å². The van der Waals surface area contributed by atoms with E-state index in [9.17, 15) is 9.59 Å². The van der Waals surface area contributed by atoms with Crippen LogP contribution in [0.2, 0.25) is 0 Å². The lowest BCUT2D eigenvalue weighted by Gasteiger charge is -2.31. The van der Waals surface area contributed by atoms with Gasteiger partial charge in [-0.2, -0.15) is 11.3 Å². The van der Waals surface area contributed by atoms with Gasteiger partial charge in [-0.25, -0.2) is 9.97 Å². The number of hydrogen-bond acceptors (Lipinski definition) is 6. The van der Waals surface area contributed by atoms with Crippen molar-refractivity contribution in [1.82, 2.24) is 14.9 Å². The lowest BCUT2D eigenvalue weighted by molar-refractivity contribution is -0.133. The quantitative estimate of drug-likeness (QED) is 0.694. The predicted octanol–water partition coefficient (Wildman–Crippen LogP) is 3.69. The minimum atomic E-state index is -0.0875. The summed E-state index contributed by atoms with van der Waals surface area (Å²) < 4.78 is 0. The average molecular weight is 413 g/mol. The molecule has 1 aliphatic rings. The summed E-state index contributed by atoms with van der Waals surface area (Å²) in [6.07, 6.45) is 3.30. The summed E-state index contributed by atoms with van der Waals surface area (Å²) in [6.45, 7) is 1.20. The number of piperidine rings is 1. The van der Waals surface area contributed by atoms with Gasteiger partial charge in [0, 0.05) is 41.5 Å². The molecule has 1 aliphatic heterocycles. The van der Waals surface area contributed by atoms with Gasteiger partial charge in [0.1, 0.15) is 10.8 Å². The third-order valence-electron chi connectivity index (χ3n) is 4.79. The highest BCUT2D eigenvalue weighted by atomic mass is 32.1. The summed E-state index contributed by atoms with van der Waals surface area (Å²) in [4.78, 5) is 35.5. The number of hydrogen-bond donors (Lipinski definition) is 1. The first-order chi connectivity index (χ1) is 13.7. The normalized spacial score (nSPS) is 14.8. The molecule has 4 rings (SSSR count). The van der Waals surface area contributed by atoms with E-state index in [1.165, 1.54) is 0 Å². The van der Waals surface area contributed by atoms with Crippen molar-refractivity contribution in [2.75, 3.05) is 18.4 Å². The Bertz CT molecular complexity index is 932. The topological polar surface area (TPSA) is 75.2 Å². The van der Waals surface area contributed by atoms with Crippen LogP contribution in [0.1, 0.15) is 18.5 Å². The molecule has 0 aliphatic carbocycles. The van der Waals surface area contributed by atoms with Crippen LogP contribution in [-0.2, 0) is 16.0 Å². The van der Waals surface area contributed by atoms with E-state index in [4.69, 9.17) is 0 Å². The van der Waals surface area contributed by atoms with Crippen LogP contribution in [0, 0.1) is 5.92 Å². The third kappa shape index (κ3) is 4.45. The second-order valence-electron chi connectivity index (χ2n) is 6.69. The van der Waals surface area contributed by atoms with E-state index in [-0.39, 0.29) is 17.7 Å². The molecular weight excluding hydrogens is 392 g/mol. The molecule has 0 bridgehead atoms. The summed E-state index contributed by atoms with van der Waals surface area (Å²) >= 11 is 3.21. The van der Waals surface area contributed by atoms with Gasteiger partial charge in [-0.3, -0.25) is 9.59 Å². The monoisotopic (exact) mass is 412 g/mol. The number of pyridine rings is 1. The second-order valence-corrected chi connectivity index (χ2v) is 8.33. The third-order valence-corrected chi connectivity index (χ3v) is 6.41. The minimum absolute atomic E-state index is 0.0225. The van der Waals surface area contributed by atoms with Crippen molar-refractivity contribution in [2.24, 2.45) is 5.92 Å². The number of nitrogens with zero attached hydrogens (tertiary/aromatic N) is 3. The SMILES string of the molecule is O=C(Nc1ccccn1)C1CCN(C(=O)Cc2csc(-c3ccsc3)n2)CC1. The number of rotatable bonds is 5. The fourth-order valence-electron chi connectivity index (χ4n) is 3.23. The van der Waals surface area contributed by atoms with Crippen LogP contribution >= 0.6 is 22.7 Å². The maximum Gasteiger partial charge on any atom is 0.228 e. The molecule has 2 amide bonds. The van der Waals surface area contributed by atoms with Crippen LogP contribution in [0.25, 0.3) is 10.6 Å². The van der Waals surface area contributed by atoms with Gasteiger partial charge in [0.25, 0.3) is 0 Å². The Kier molecular flexibility index (Phi) is 5.78. The molecule has 0 unspecified atom stereocenters. The Balaban J connectivity index is 1.27. The molecule has 3 aromatic heterocycles. The van der Waals surface area contributed by atoms with Crippen LogP contribution in [0.5, 0.6) is 0 Å². The van der Waals surface area contributed by atoms with Gasteiger partial charge in [0.15, 0.2) is 0 Å². The van der Waals surface area contributed by atoms with E-state index in [1.807, 2.05) is 33.9 Å². The molecule has 1 saturated heterocycles. The number of anilines is 1. The fourth-order valence-corrected chi connectivity index (χ4v) is 4.76. The molecule has 0 radical (unpaired) electrons. The molecule has 6 nitrogen and oxygen atoms in total. The van der Waals surface area contributed by atoms with E-state index >= 15 is 0 Å². The highest BCUT2D eigenvalue weighted by molar-refractivity contribution is 7.14. The minimum Gasteiger partial charge on any atom is -0.342 e. The first-order valence-electron chi connectivity index (χ1n) is 9.15. The molecule has 1 N–H and O–H groups in total. The number of amides is 2. The zero-order chi connectivity index (χ0) is 19.3. The van der Waals surface area contributed by atoms with Crippen molar-refractivity contribution < 1.29 is 9.59 Å². The van der Waals surface area contributed by atoms with Crippen LogP contribution < -0.4 is 5.32 Å². The van der Waals surface area contributed by atoms with Gasteiger partial charge in [0.05, 0.1) is 12.1 Å². The first-order valence-corrected chi connectivity index (χ1v) is 11.0. The smallest absolute Gasteiger partial charge is 0.228 e. The fraction of sp³-hybridized carbons (Fsp3) is 0.300. The number of carbonyl (C=O) groups excluding carboxylic acids is 2. The van der Waals surface area contributed by atoms with Crippen LogP contribution in [-0.4, -0.2) is 39.8 Å². The summed E-state index contributed by atoms with van der Waals surface area (Å²) in [7, 11) is 0. The van der Waals surface area contributed by atoms with E-state index in [1.54, 1.807) is 34.9 Å². The lowest BCUT2D eigenvalue weighted by Crippen LogP contribution is -2.42. The lowest BCUT2D eigenvalue weighted by atomic mass is 9.95. The summed E-state index contributed by atoms with van der Waals surface area (Å²) in [5, 5.41) is 9.84. The Labute approximate surface area is 171 Å². The Morgan fingerprint density at radius 3 is 2.75 bits per heavy atom. The molecule has 8 heteroatoms. The summed E-state index contributed by atoms with van der Waals surface area (Å²) in [5.41, 5.74) is 1.92. The van der Waals surface area contributed by atoms with Crippen LogP contribution in [0.3, 0.4) is 0 Å². The zero-order valence-corrected chi connectivity index (χ0v) is 16.8. The second kappa shape index (κ2) is 8.62. The number of nitrogens with one attached hydrogen (secondary N) is 1. The Morgan fingerprint density at radius 2 is 2.04 bits per heavy atom. The Hall–Kier alpha value is -2.58. The Morgan fingerprint density at radius 1 is 1.18 bits per heavy atom. The maximum absolute atomic E-state index is 12.6. The maximum atomic E-state index is 12.6. The number of carbonyl (C=O) groups is 2. The highest BCUT2D eigenvalue weighted by Gasteiger charge is 2.27. The van der Waals surface area contributed by atoms with Crippen molar-refractivity contribution >= 4 is 40.3 Å². The van der Waals surface area contributed by atoms with Crippen molar-refractivity contribution in [3.63, 3.8) is 0 Å². The van der Waals surface area contributed by atoms with Crippen LogP contribution in [0.15, 0.2) is 46.6 Å². The van der Waals surface area contributed by atoms with Gasteiger partial charge in [0.2, 0.25) is 11.8 Å². The van der Waals surface area contributed by atoms with Gasteiger partial charge in [-0.15, -0.1) is 11.3 Å². The largest absolute Gasteiger partial charge is 0.342 e. The molecule has 0 spiro atoms. The van der Waals surface area contributed by atoms with Crippen molar-refractivity contribution in [2.45, 2.75) is 19.3 Å². The molecule has 28 heavy (non-hydrogen) atoms. The van der Waals surface area contributed by atoms with E-state index in [0.717, 1.165) is 16.3 Å². The molecule has 1 fully saturated rings. The summed E-state index contributed by atoms with van der Waals surface area (Å²) in [5.74, 6) is 0.531. The molecular formula is C20H20N4O2S2. The number of thiophene rings is 1. The molecule has 4 heterocycles. The van der Waals surface area contributed by atoms with E-state index < -0.39 is 0 Å². The van der Waals surface area contributed by atoms with Gasteiger partial charge in [-0.1, -0.05) is 6.07 Å². The molecule has 3 aromatic rings. The average Bonchev–Trinajstić information content (AvgIpc) is 3.40. The number of thiazole rings is 1. The molecule has 0 aromatic carbocycles. The van der Waals surface area contributed by atoms with Crippen LogP contribution in [0.4, 0.5) is 5.82 Å². The summed E-state index contributed by atoms with van der Waals surface area (Å²) in [6, 6.07) is 7.46.